The summed E-state index contributed by atoms with van der Waals surface area (Å²) in [5, 5.41) is 0. The van der Waals surface area contributed by atoms with Crippen LogP contribution in [-0.4, -0.2) is 34.5 Å². The SMILES string of the molecule is CC1CCO[Si]2(OCCC(C)O2)O1. The summed E-state index contributed by atoms with van der Waals surface area (Å²) >= 11 is 0. The minimum absolute atomic E-state index is 0.200. The molecule has 2 heterocycles. The van der Waals surface area contributed by atoms with Crippen molar-refractivity contribution in [1.82, 2.24) is 0 Å². The van der Waals surface area contributed by atoms with Crippen LogP contribution < -0.4 is 0 Å². The summed E-state index contributed by atoms with van der Waals surface area (Å²) in [4.78, 5) is 0. The van der Waals surface area contributed by atoms with E-state index >= 15 is 0 Å². The minimum Gasteiger partial charge on any atom is -0.351 e. The first-order valence-electron chi connectivity index (χ1n) is 4.84. The van der Waals surface area contributed by atoms with Gasteiger partial charge in [0.05, 0.1) is 12.2 Å². The standard InChI is InChI=1S/C8H16O4Si/c1-7-3-5-9-13(11-7)10-6-4-8(2)12-13/h7-8H,3-6H2,1-2H3. The van der Waals surface area contributed by atoms with Crippen molar-refractivity contribution >= 4 is 9.05 Å². The van der Waals surface area contributed by atoms with Crippen molar-refractivity contribution in [2.45, 2.75) is 38.9 Å². The van der Waals surface area contributed by atoms with Crippen molar-refractivity contribution < 1.29 is 17.7 Å². The maximum absolute atomic E-state index is 5.66. The maximum atomic E-state index is 5.66. The Bertz CT molecular complexity index is 167. The average Bonchev–Trinajstić information content (AvgIpc) is 2.02. The molecule has 13 heavy (non-hydrogen) atoms. The molecule has 5 heteroatoms. The first-order chi connectivity index (χ1) is 6.20. The van der Waals surface area contributed by atoms with Crippen LogP contribution in [0.25, 0.3) is 0 Å². The van der Waals surface area contributed by atoms with E-state index < -0.39 is 9.05 Å². The third-order valence-corrected chi connectivity index (χ3v) is 4.79. The molecule has 0 amide bonds. The molecule has 2 atom stereocenters. The predicted octanol–water partition coefficient (Wildman–Crippen LogP) is 1.07. The van der Waals surface area contributed by atoms with E-state index in [4.69, 9.17) is 17.7 Å². The number of hydrogen-bond donors (Lipinski definition) is 0. The largest absolute Gasteiger partial charge is 0.680 e. The fourth-order valence-corrected chi connectivity index (χ4v) is 3.88. The van der Waals surface area contributed by atoms with Crippen molar-refractivity contribution in [3.05, 3.63) is 0 Å². The lowest BCUT2D eigenvalue weighted by Gasteiger charge is -2.39. The molecule has 1 spiro atoms. The van der Waals surface area contributed by atoms with Gasteiger partial charge in [0.1, 0.15) is 0 Å². The van der Waals surface area contributed by atoms with Crippen LogP contribution in [0.2, 0.25) is 0 Å². The summed E-state index contributed by atoms with van der Waals surface area (Å²) in [6, 6.07) is 0. The van der Waals surface area contributed by atoms with Gasteiger partial charge in [-0.3, -0.25) is 0 Å². The van der Waals surface area contributed by atoms with Gasteiger partial charge in [0.15, 0.2) is 0 Å². The van der Waals surface area contributed by atoms with E-state index in [1.54, 1.807) is 0 Å². The summed E-state index contributed by atoms with van der Waals surface area (Å²) in [6.45, 7) is 5.45. The normalized spacial score (nSPS) is 46.6. The molecular formula is C8H16O4Si. The summed E-state index contributed by atoms with van der Waals surface area (Å²) in [5.41, 5.74) is 0. The quantitative estimate of drug-likeness (QED) is 0.553. The molecule has 0 aromatic heterocycles. The average molecular weight is 204 g/mol. The number of hydrogen-bond acceptors (Lipinski definition) is 4. The molecule has 2 saturated heterocycles. The molecule has 2 aliphatic heterocycles. The molecular weight excluding hydrogens is 188 g/mol. The molecule has 0 aromatic carbocycles. The molecule has 76 valence electrons. The van der Waals surface area contributed by atoms with Crippen LogP contribution >= 0.6 is 0 Å². The second-order valence-electron chi connectivity index (χ2n) is 3.63. The molecule has 0 radical (unpaired) electrons. The summed E-state index contributed by atoms with van der Waals surface area (Å²) in [7, 11) is -2.70. The Balaban J connectivity index is 2.00. The van der Waals surface area contributed by atoms with Crippen molar-refractivity contribution in [2.24, 2.45) is 0 Å². The lowest BCUT2D eigenvalue weighted by atomic mass is 10.3. The van der Waals surface area contributed by atoms with Crippen LogP contribution in [0.4, 0.5) is 0 Å². The highest BCUT2D eigenvalue weighted by molar-refractivity contribution is 6.53. The van der Waals surface area contributed by atoms with Gasteiger partial charge in [0.2, 0.25) is 0 Å². The molecule has 0 saturated carbocycles. The van der Waals surface area contributed by atoms with Gasteiger partial charge in [0.25, 0.3) is 0 Å². The van der Waals surface area contributed by atoms with E-state index in [-0.39, 0.29) is 12.2 Å². The molecule has 2 unspecified atom stereocenters. The fraction of sp³-hybridized carbons (Fsp3) is 1.00. The smallest absolute Gasteiger partial charge is 0.351 e. The van der Waals surface area contributed by atoms with Gasteiger partial charge in [-0.1, -0.05) is 0 Å². The van der Waals surface area contributed by atoms with E-state index in [1.165, 1.54) is 0 Å². The first-order valence-corrected chi connectivity index (χ1v) is 6.47. The maximum Gasteiger partial charge on any atom is 0.680 e. The van der Waals surface area contributed by atoms with E-state index in [0.717, 1.165) is 12.8 Å². The highest BCUT2D eigenvalue weighted by Crippen LogP contribution is 2.26. The van der Waals surface area contributed by atoms with Crippen molar-refractivity contribution in [2.75, 3.05) is 13.2 Å². The van der Waals surface area contributed by atoms with Crippen molar-refractivity contribution in [3.8, 4) is 0 Å². The van der Waals surface area contributed by atoms with Gasteiger partial charge in [-0.15, -0.1) is 0 Å². The molecule has 0 N–H and O–H groups in total. The topological polar surface area (TPSA) is 36.9 Å². The highest BCUT2D eigenvalue weighted by atomic mass is 28.4. The second kappa shape index (κ2) is 3.66. The molecule has 0 aliphatic carbocycles. The zero-order valence-corrected chi connectivity index (χ0v) is 9.12. The summed E-state index contributed by atoms with van der Waals surface area (Å²) in [5.74, 6) is 0. The fourth-order valence-electron chi connectivity index (χ4n) is 1.52. The minimum atomic E-state index is -2.70. The first kappa shape index (κ1) is 9.61. The van der Waals surface area contributed by atoms with Crippen LogP contribution in [0, 0.1) is 0 Å². The molecule has 2 fully saturated rings. The Morgan fingerprint density at radius 1 is 0.923 bits per heavy atom. The Morgan fingerprint density at radius 3 is 1.77 bits per heavy atom. The Hall–Kier alpha value is 0.0569. The van der Waals surface area contributed by atoms with Crippen LogP contribution in [0.5, 0.6) is 0 Å². The zero-order valence-electron chi connectivity index (χ0n) is 8.12. The monoisotopic (exact) mass is 204 g/mol. The second-order valence-corrected chi connectivity index (χ2v) is 5.68. The zero-order chi connectivity index (χ0) is 9.31. The molecule has 0 aromatic rings. The van der Waals surface area contributed by atoms with Gasteiger partial charge in [-0.25, -0.2) is 0 Å². The molecule has 2 aliphatic rings. The van der Waals surface area contributed by atoms with E-state index in [0.29, 0.717) is 13.2 Å². The third-order valence-electron chi connectivity index (χ3n) is 2.30. The van der Waals surface area contributed by atoms with Gasteiger partial charge < -0.3 is 17.7 Å². The van der Waals surface area contributed by atoms with Gasteiger partial charge in [-0.05, 0) is 26.7 Å². The highest BCUT2D eigenvalue weighted by Gasteiger charge is 2.52. The third kappa shape index (κ3) is 2.11. The van der Waals surface area contributed by atoms with Gasteiger partial charge in [-0.2, -0.15) is 0 Å². The lowest BCUT2D eigenvalue weighted by Crippen LogP contribution is -2.58. The van der Waals surface area contributed by atoms with Crippen LogP contribution in [0.15, 0.2) is 0 Å². The Labute approximate surface area is 79.6 Å². The molecule has 2 rings (SSSR count). The summed E-state index contributed by atoms with van der Waals surface area (Å²) < 4.78 is 22.4. The van der Waals surface area contributed by atoms with Crippen molar-refractivity contribution in [1.29, 1.82) is 0 Å². The Kier molecular flexibility index (Phi) is 2.71. The Morgan fingerprint density at radius 2 is 1.38 bits per heavy atom. The van der Waals surface area contributed by atoms with Gasteiger partial charge in [0, 0.05) is 13.2 Å². The predicted molar refractivity (Wildman–Crippen MR) is 48.0 cm³/mol. The van der Waals surface area contributed by atoms with Crippen molar-refractivity contribution in [3.63, 3.8) is 0 Å². The lowest BCUT2D eigenvalue weighted by molar-refractivity contribution is -0.122. The summed E-state index contributed by atoms with van der Waals surface area (Å²) in [6.07, 6.45) is 2.25. The van der Waals surface area contributed by atoms with E-state index in [1.807, 2.05) is 13.8 Å². The van der Waals surface area contributed by atoms with E-state index in [9.17, 15) is 0 Å². The molecule has 0 bridgehead atoms. The number of rotatable bonds is 0. The van der Waals surface area contributed by atoms with Gasteiger partial charge >= 0.3 is 9.05 Å². The van der Waals surface area contributed by atoms with Crippen LogP contribution in [0.3, 0.4) is 0 Å². The van der Waals surface area contributed by atoms with Crippen LogP contribution in [0.1, 0.15) is 26.7 Å². The van der Waals surface area contributed by atoms with E-state index in [2.05, 4.69) is 0 Å². The van der Waals surface area contributed by atoms with Crippen LogP contribution in [-0.2, 0) is 17.7 Å². The molecule has 4 nitrogen and oxygen atoms in total.